The Morgan fingerprint density at radius 3 is 2.75 bits per heavy atom. The van der Waals surface area contributed by atoms with Gasteiger partial charge in [0.2, 0.25) is 0 Å². The lowest BCUT2D eigenvalue weighted by Crippen LogP contribution is -2.12. The van der Waals surface area contributed by atoms with Crippen LogP contribution in [0, 0.1) is 0 Å². The van der Waals surface area contributed by atoms with E-state index in [1.807, 2.05) is 30.3 Å². The van der Waals surface area contributed by atoms with Gasteiger partial charge in [0.05, 0.1) is 5.02 Å². The summed E-state index contributed by atoms with van der Waals surface area (Å²) >= 11 is 13.3. The summed E-state index contributed by atoms with van der Waals surface area (Å²) in [6.45, 7) is 0.212. The third-order valence-corrected chi connectivity index (χ3v) is 4.43. The zero-order valence-electron chi connectivity index (χ0n) is 12.3. The first kappa shape index (κ1) is 16.8. The second kappa shape index (κ2) is 7.66. The molecule has 3 rings (SSSR count). The predicted octanol–water partition coefficient (Wildman–Crippen LogP) is 5.28. The highest BCUT2D eigenvalue weighted by Crippen LogP contribution is 2.28. The maximum Gasteiger partial charge on any atom is 0.275 e. The second-order valence-corrected chi connectivity index (χ2v) is 6.60. The van der Waals surface area contributed by atoms with E-state index >= 15 is 0 Å². The van der Waals surface area contributed by atoms with Gasteiger partial charge in [-0.05, 0) is 24.3 Å². The molecule has 0 bridgehead atoms. The number of para-hydroxylation sites is 1. The zero-order valence-corrected chi connectivity index (χ0v) is 14.7. The minimum atomic E-state index is -0.260. The minimum Gasteiger partial charge on any atom is -0.485 e. The molecule has 0 aliphatic rings. The molecule has 1 heterocycles. The molecular formula is C17H12Cl2N2O2S. The number of nitrogens with one attached hydrogen (secondary N) is 1. The number of anilines is 1. The molecule has 7 heteroatoms. The number of nitrogens with zero attached hydrogens (tertiary/aromatic N) is 1. The Morgan fingerprint density at radius 2 is 1.96 bits per heavy atom. The van der Waals surface area contributed by atoms with Crippen LogP contribution in [0.15, 0.2) is 53.9 Å². The number of thiazole rings is 1. The number of hydrogen-bond acceptors (Lipinski definition) is 4. The van der Waals surface area contributed by atoms with E-state index in [4.69, 9.17) is 27.9 Å². The SMILES string of the molecule is O=C(Nc1ccccc1)c1csc(COc2cc(Cl)ccc2Cl)n1. The van der Waals surface area contributed by atoms with E-state index in [9.17, 15) is 4.79 Å². The molecule has 122 valence electrons. The summed E-state index contributed by atoms with van der Waals surface area (Å²) in [5.74, 6) is 0.221. The fraction of sp³-hybridized carbons (Fsp3) is 0.0588. The molecule has 1 amide bonds. The number of halogens is 2. The highest BCUT2D eigenvalue weighted by Gasteiger charge is 2.12. The Kier molecular flexibility index (Phi) is 5.35. The van der Waals surface area contributed by atoms with Crippen LogP contribution in [0.5, 0.6) is 5.75 Å². The lowest BCUT2D eigenvalue weighted by molar-refractivity contribution is 0.102. The van der Waals surface area contributed by atoms with Crippen LogP contribution < -0.4 is 10.1 Å². The molecule has 0 aliphatic heterocycles. The smallest absolute Gasteiger partial charge is 0.275 e. The number of benzene rings is 2. The molecule has 0 saturated carbocycles. The van der Waals surface area contributed by atoms with Gasteiger partial charge in [-0.25, -0.2) is 4.98 Å². The molecule has 2 aromatic carbocycles. The Balaban J connectivity index is 1.63. The van der Waals surface area contributed by atoms with Crippen LogP contribution in [0.1, 0.15) is 15.5 Å². The van der Waals surface area contributed by atoms with Crippen LogP contribution in [0.3, 0.4) is 0 Å². The summed E-state index contributed by atoms with van der Waals surface area (Å²) in [5.41, 5.74) is 1.07. The van der Waals surface area contributed by atoms with Gasteiger partial charge >= 0.3 is 0 Å². The van der Waals surface area contributed by atoms with Gasteiger partial charge in [-0.1, -0.05) is 41.4 Å². The van der Waals surface area contributed by atoms with Crippen molar-refractivity contribution in [3.8, 4) is 5.75 Å². The monoisotopic (exact) mass is 378 g/mol. The van der Waals surface area contributed by atoms with Crippen LogP contribution in [0.25, 0.3) is 0 Å². The fourth-order valence-corrected chi connectivity index (χ4v) is 2.95. The Labute approximate surface area is 153 Å². The van der Waals surface area contributed by atoms with E-state index in [2.05, 4.69) is 10.3 Å². The Bertz CT molecular complexity index is 853. The summed E-state index contributed by atoms with van der Waals surface area (Å²) in [6, 6.07) is 14.2. The molecule has 1 aromatic heterocycles. The summed E-state index contributed by atoms with van der Waals surface area (Å²) in [4.78, 5) is 16.4. The third-order valence-electron chi connectivity index (χ3n) is 3.06. The van der Waals surface area contributed by atoms with Gasteiger partial charge in [-0.2, -0.15) is 0 Å². The van der Waals surface area contributed by atoms with Crippen LogP contribution in [0.2, 0.25) is 10.0 Å². The molecule has 0 atom stereocenters. The molecule has 0 radical (unpaired) electrons. The summed E-state index contributed by atoms with van der Waals surface area (Å²) in [6.07, 6.45) is 0. The van der Waals surface area contributed by atoms with Crippen molar-refractivity contribution in [2.75, 3.05) is 5.32 Å². The standard InChI is InChI=1S/C17H12Cl2N2O2S/c18-11-6-7-13(19)15(8-11)23-9-16-21-14(10-24-16)17(22)20-12-4-2-1-3-5-12/h1-8,10H,9H2,(H,20,22). The molecule has 24 heavy (non-hydrogen) atoms. The van der Waals surface area contributed by atoms with Crippen molar-refractivity contribution in [1.29, 1.82) is 0 Å². The van der Waals surface area contributed by atoms with Gasteiger partial charge in [0.15, 0.2) is 0 Å². The van der Waals surface area contributed by atoms with Gasteiger partial charge in [-0.3, -0.25) is 4.79 Å². The summed E-state index contributed by atoms with van der Waals surface area (Å²) < 4.78 is 5.61. The maximum absolute atomic E-state index is 12.2. The number of aromatic nitrogens is 1. The first-order chi connectivity index (χ1) is 11.6. The highest BCUT2D eigenvalue weighted by atomic mass is 35.5. The first-order valence-electron chi connectivity index (χ1n) is 7.00. The molecule has 0 aliphatic carbocycles. The van der Waals surface area contributed by atoms with E-state index in [0.717, 1.165) is 5.69 Å². The lowest BCUT2D eigenvalue weighted by atomic mass is 10.3. The van der Waals surface area contributed by atoms with Crippen LogP contribution >= 0.6 is 34.5 Å². The second-order valence-electron chi connectivity index (χ2n) is 4.81. The van der Waals surface area contributed by atoms with Crippen molar-refractivity contribution >= 4 is 46.1 Å². The molecule has 1 N–H and O–H groups in total. The normalized spacial score (nSPS) is 10.4. The van der Waals surface area contributed by atoms with Crippen molar-refractivity contribution in [2.45, 2.75) is 6.61 Å². The number of carbonyl (C=O) groups is 1. The van der Waals surface area contributed by atoms with Gasteiger partial charge < -0.3 is 10.1 Å². The van der Waals surface area contributed by atoms with Crippen molar-refractivity contribution in [3.63, 3.8) is 0 Å². The minimum absolute atomic E-state index is 0.212. The molecule has 3 aromatic rings. The quantitative estimate of drug-likeness (QED) is 0.656. The first-order valence-corrected chi connectivity index (χ1v) is 8.64. The average Bonchev–Trinajstić information content (AvgIpc) is 3.06. The number of carbonyl (C=O) groups excluding carboxylic acids is 1. The molecule has 0 unspecified atom stereocenters. The highest BCUT2D eigenvalue weighted by molar-refractivity contribution is 7.09. The zero-order chi connectivity index (χ0) is 16.9. The van der Waals surface area contributed by atoms with Crippen LogP contribution in [-0.4, -0.2) is 10.9 Å². The van der Waals surface area contributed by atoms with Crippen molar-refractivity contribution in [3.05, 3.63) is 74.7 Å². The van der Waals surface area contributed by atoms with Gasteiger partial charge in [0.1, 0.15) is 23.1 Å². The number of hydrogen-bond donors (Lipinski definition) is 1. The van der Waals surface area contributed by atoms with Crippen LogP contribution in [-0.2, 0) is 6.61 Å². The summed E-state index contributed by atoms with van der Waals surface area (Å²) in [7, 11) is 0. The Morgan fingerprint density at radius 1 is 1.17 bits per heavy atom. The Hall–Kier alpha value is -2.08. The predicted molar refractivity (Wildman–Crippen MR) is 97.3 cm³/mol. The maximum atomic E-state index is 12.2. The van der Waals surface area contributed by atoms with E-state index in [1.165, 1.54) is 11.3 Å². The molecular weight excluding hydrogens is 367 g/mol. The largest absolute Gasteiger partial charge is 0.485 e. The van der Waals surface area contributed by atoms with E-state index in [0.29, 0.717) is 26.5 Å². The number of ether oxygens (including phenoxy) is 1. The van der Waals surface area contributed by atoms with Crippen LogP contribution in [0.4, 0.5) is 5.69 Å². The molecule has 0 saturated heterocycles. The number of amides is 1. The molecule has 0 fully saturated rings. The van der Waals surface area contributed by atoms with Crippen molar-refractivity contribution in [1.82, 2.24) is 4.98 Å². The van der Waals surface area contributed by atoms with E-state index in [1.54, 1.807) is 23.6 Å². The third kappa shape index (κ3) is 4.26. The number of rotatable bonds is 5. The van der Waals surface area contributed by atoms with Crippen molar-refractivity contribution < 1.29 is 9.53 Å². The summed E-state index contributed by atoms with van der Waals surface area (Å²) in [5, 5.41) is 6.16. The van der Waals surface area contributed by atoms with E-state index in [-0.39, 0.29) is 12.5 Å². The lowest BCUT2D eigenvalue weighted by Gasteiger charge is -2.06. The van der Waals surface area contributed by atoms with Gasteiger partial charge in [0.25, 0.3) is 5.91 Å². The van der Waals surface area contributed by atoms with E-state index < -0.39 is 0 Å². The van der Waals surface area contributed by atoms with Gasteiger partial charge in [-0.15, -0.1) is 11.3 Å². The molecule has 0 spiro atoms. The van der Waals surface area contributed by atoms with Gasteiger partial charge in [0, 0.05) is 22.2 Å². The topological polar surface area (TPSA) is 51.2 Å². The fourth-order valence-electron chi connectivity index (χ4n) is 1.93. The average molecular weight is 379 g/mol. The van der Waals surface area contributed by atoms with Crippen molar-refractivity contribution in [2.24, 2.45) is 0 Å². The molecule has 4 nitrogen and oxygen atoms in total.